The predicted octanol–water partition coefficient (Wildman–Crippen LogP) is -0.528. The lowest BCUT2D eigenvalue weighted by Gasteiger charge is -2.09. The van der Waals surface area contributed by atoms with Gasteiger partial charge in [0.25, 0.3) is 0 Å². The Kier molecular flexibility index (Phi) is 5.65. The van der Waals surface area contributed by atoms with Crippen molar-refractivity contribution >= 4 is 23.9 Å². The van der Waals surface area contributed by atoms with E-state index in [-0.39, 0.29) is 0 Å². The second kappa shape index (κ2) is 6.46. The summed E-state index contributed by atoms with van der Waals surface area (Å²) in [6.07, 6.45) is 0. The van der Waals surface area contributed by atoms with Crippen LogP contribution in [0.25, 0.3) is 0 Å². The van der Waals surface area contributed by atoms with E-state index in [0.717, 1.165) is 13.8 Å². The number of aliphatic carboxylic acids is 2. The molecule has 2 N–H and O–H groups in total. The van der Waals surface area contributed by atoms with E-state index in [9.17, 15) is 19.2 Å². The van der Waals surface area contributed by atoms with Gasteiger partial charge in [-0.25, -0.2) is 0 Å². The molecule has 0 aliphatic carbocycles. The van der Waals surface area contributed by atoms with E-state index in [1.807, 2.05) is 0 Å². The van der Waals surface area contributed by atoms with Gasteiger partial charge in [0, 0.05) is 0 Å². The highest BCUT2D eigenvalue weighted by molar-refractivity contribution is 5.94. The van der Waals surface area contributed by atoms with Crippen LogP contribution in [0.4, 0.5) is 0 Å². The van der Waals surface area contributed by atoms with E-state index < -0.39 is 42.5 Å². The van der Waals surface area contributed by atoms with Gasteiger partial charge in [-0.2, -0.15) is 0 Å². The van der Waals surface area contributed by atoms with Crippen molar-refractivity contribution in [2.24, 2.45) is 11.8 Å². The highest BCUT2D eigenvalue weighted by Crippen LogP contribution is 2.01. The minimum absolute atomic E-state index is 0.813. The second-order valence-corrected chi connectivity index (χ2v) is 3.16. The third kappa shape index (κ3) is 4.96. The maximum absolute atomic E-state index is 11.0. The largest absolute Gasteiger partial charge is 0.481 e. The van der Waals surface area contributed by atoms with Crippen LogP contribution in [0.3, 0.4) is 0 Å². The van der Waals surface area contributed by atoms with Crippen molar-refractivity contribution in [1.29, 1.82) is 0 Å². The number of carbonyl (C=O) groups excluding carboxylic acids is 2. The highest BCUT2D eigenvalue weighted by Gasteiger charge is 2.24. The fraction of sp³-hybridized carbons (Fsp3) is 0.556. The molecule has 8 nitrogen and oxygen atoms in total. The quantitative estimate of drug-likeness (QED) is 0.365. The van der Waals surface area contributed by atoms with Crippen LogP contribution >= 0.6 is 0 Å². The Balaban J connectivity index is 4.00. The first-order chi connectivity index (χ1) is 7.77. The predicted molar refractivity (Wildman–Crippen MR) is 50.7 cm³/mol. The molecule has 0 fully saturated rings. The molecule has 0 rings (SSSR count). The number of carboxylic acid groups (broad SMARTS) is 2. The second-order valence-electron chi connectivity index (χ2n) is 3.16. The fourth-order valence-electron chi connectivity index (χ4n) is 0.597. The first-order valence-corrected chi connectivity index (χ1v) is 4.56. The number of ether oxygens (including phenoxy) is 2. The van der Waals surface area contributed by atoms with Crippen LogP contribution in [0.2, 0.25) is 0 Å². The Hall–Kier alpha value is -2.12. The van der Waals surface area contributed by atoms with Crippen LogP contribution in [0.1, 0.15) is 13.8 Å². The number of carbonyl (C=O) groups is 4. The average molecular weight is 248 g/mol. The SMILES string of the molecule is CC(C(=O)O)C(=O)OCOC(=O)C(C)C(=O)O. The van der Waals surface area contributed by atoms with Crippen LogP contribution in [-0.2, 0) is 28.7 Å². The van der Waals surface area contributed by atoms with Gasteiger partial charge in [-0.15, -0.1) is 0 Å². The Morgan fingerprint density at radius 1 is 0.882 bits per heavy atom. The van der Waals surface area contributed by atoms with Crippen molar-refractivity contribution in [2.75, 3.05) is 6.79 Å². The van der Waals surface area contributed by atoms with Gasteiger partial charge in [0.15, 0.2) is 11.8 Å². The minimum Gasteiger partial charge on any atom is -0.481 e. The number of hydrogen-bond acceptors (Lipinski definition) is 6. The van der Waals surface area contributed by atoms with Crippen molar-refractivity contribution in [2.45, 2.75) is 13.8 Å². The van der Waals surface area contributed by atoms with Gasteiger partial charge in [-0.1, -0.05) is 0 Å². The lowest BCUT2D eigenvalue weighted by molar-refractivity contribution is -0.175. The standard InChI is InChI=1S/C9H12O8/c1-4(6(10)11)8(14)16-3-17-9(15)5(2)7(12)13/h4-5H,3H2,1-2H3,(H,10,11)(H,12,13). The van der Waals surface area contributed by atoms with Crippen molar-refractivity contribution in [3.05, 3.63) is 0 Å². The van der Waals surface area contributed by atoms with Crippen LogP contribution in [-0.4, -0.2) is 40.9 Å². The van der Waals surface area contributed by atoms with E-state index in [0.29, 0.717) is 0 Å². The molecule has 0 aliphatic heterocycles. The van der Waals surface area contributed by atoms with E-state index in [1.165, 1.54) is 0 Å². The Bertz CT molecular complexity index is 302. The first kappa shape index (κ1) is 14.9. The minimum atomic E-state index is -1.38. The molecular weight excluding hydrogens is 236 g/mol. The number of esters is 2. The summed E-state index contributed by atoms with van der Waals surface area (Å²) < 4.78 is 8.62. The molecular formula is C9H12O8. The third-order valence-corrected chi connectivity index (χ3v) is 1.85. The summed E-state index contributed by atoms with van der Waals surface area (Å²) in [4.78, 5) is 42.6. The van der Waals surface area contributed by atoms with Crippen molar-refractivity contribution in [3.8, 4) is 0 Å². The smallest absolute Gasteiger partial charge is 0.322 e. The normalized spacial score (nSPS) is 13.3. The molecule has 0 saturated heterocycles. The molecule has 0 aromatic rings. The van der Waals surface area contributed by atoms with E-state index in [2.05, 4.69) is 9.47 Å². The molecule has 96 valence electrons. The summed E-state index contributed by atoms with van der Waals surface area (Å²) >= 11 is 0. The summed E-state index contributed by atoms with van der Waals surface area (Å²) in [6.45, 7) is 1.39. The summed E-state index contributed by atoms with van der Waals surface area (Å²) in [5.74, 6) is -7.67. The van der Waals surface area contributed by atoms with Crippen LogP contribution in [0, 0.1) is 11.8 Å². The van der Waals surface area contributed by atoms with Crippen molar-refractivity contribution in [1.82, 2.24) is 0 Å². The van der Waals surface area contributed by atoms with Gasteiger partial charge in [-0.05, 0) is 13.8 Å². The van der Waals surface area contributed by atoms with E-state index >= 15 is 0 Å². The molecule has 0 amide bonds. The molecule has 2 unspecified atom stereocenters. The number of carboxylic acids is 2. The monoisotopic (exact) mass is 248 g/mol. The maximum atomic E-state index is 11.0. The molecule has 2 atom stereocenters. The van der Waals surface area contributed by atoms with Gasteiger partial charge in [-0.3, -0.25) is 19.2 Å². The first-order valence-electron chi connectivity index (χ1n) is 4.56. The molecule has 0 saturated carbocycles. The zero-order chi connectivity index (χ0) is 13.6. The Morgan fingerprint density at radius 3 is 1.41 bits per heavy atom. The Labute approximate surface area is 96.1 Å². The van der Waals surface area contributed by atoms with E-state index in [1.54, 1.807) is 0 Å². The van der Waals surface area contributed by atoms with Crippen molar-refractivity contribution in [3.63, 3.8) is 0 Å². The van der Waals surface area contributed by atoms with Gasteiger partial charge < -0.3 is 19.7 Å². The molecule has 0 aromatic carbocycles. The molecule has 0 aromatic heterocycles. The molecule has 0 aliphatic rings. The number of rotatable bonds is 6. The van der Waals surface area contributed by atoms with Gasteiger partial charge >= 0.3 is 23.9 Å². The topological polar surface area (TPSA) is 127 Å². The summed E-state index contributed by atoms with van der Waals surface area (Å²) in [6, 6.07) is 0. The van der Waals surface area contributed by atoms with Crippen LogP contribution in [0.5, 0.6) is 0 Å². The fourth-order valence-corrected chi connectivity index (χ4v) is 0.597. The molecule has 0 bridgehead atoms. The maximum Gasteiger partial charge on any atom is 0.322 e. The molecule has 0 heterocycles. The van der Waals surface area contributed by atoms with Gasteiger partial charge in [0.2, 0.25) is 6.79 Å². The summed E-state index contributed by atoms with van der Waals surface area (Å²) in [7, 11) is 0. The zero-order valence-electron chi connectivity index (χ0n) is 9.21. The molecule has 8 heteroatoms. The molecule has 17 heavy (non-hydrogen) atoms. The van der Waals surface area contributed by atoms with Gasteiger partial charge in [0.1, 0.15) is 0 Å². The summed E-state index contributed by atoms with van der Waals surface area (Å²) in [5, 5.41) is 16.9. The zero-order valence-corrected chi connectivity index (χ0v) is 9.21. The Morgan fingerprint density at radius 2 is 1.18 bits per heavy atom. The molecule has 0 radical (unpaired) electrons. The lowest BCUT2D eigenvalue weighted by Crippen LogP contribution is -2.27. The van der Waals surface area contributed by atoms with Crippen LogP contribution < -0.4 is 0 Å². The highest BCUT2D eigenvalue weighted by atomic mass is 16.7. The average Bonchev–Trinajstić information content (AvgIpc) is 2.26. The van der Waals surface area contributed by atoms with E-state index in [4.69, 9.17) is 10.2 Å². The van der Waals surface area contributed by atoms with Crippen molar-refractivity contribution < 1.29 is 38.9 Å². The molecule has 0 spiro atoms. The van der Waals surface area contributed by atoms with Gasteiger partial charge in [0.05, 0.1) is 0 Å². The van der Waals surface area contributed by atoms with Crippen LogP contribution in [0.15, 0.2) is 0 Å². The third-order valence-electron chi connectivity index (χ3n) is 1.85. The summed E-state index contributed by atoms with van der Waals surface area (Å²) in [5.41, 5.74) is 0. The number of hydrogen-bond donors (Lipinski definition) is 2. The lowest BCUT2D eigenvalue weighted by atomic mass is 10.2.